The lowest BCUT2D eigenvalue weighted by atomic mass is 10.0. The molecule has 2 aliphatic rings. The van der Waals surface area contributed by atoms with E-state index in [1.54, 1.807) is 36.1 Å². The number of hydrogen-bond acceptors (Lipinski definition) is 5. The number of amides is 3. The van der Waals surface area contributed by atoms with Crippen molar-refractivity contribution in [1.29, 1.82) is 0 Å². The van der Waals surface area contributed by atoms with E-state index in [2.05, 4.69) is 0 Å². The van der Waals surface area contributed by atoms with Gasteiger partial charge in [0.05, 0.1) is 30.7 Å². The number of ether oxygens (including phenoxy) is 1. The first-order valence-corrected chi connectivity index (χ1v) is 12.5. The normalized spacial score (nSPS) is 18.9. The zero-order chi connectivity index (χ0) is 24.8. The zero-order valence-electron chi connectivity index (χ0n) is 20.2. The van der Waals surface area contributed by atoms with Crippen LogP contribution in [0.4, 0.5) is 5.69 Å². The average Bonchev–Trinajstić information content (AvgIpc) is 3.01. The number of hydrogen-bond donors (Lipinski definition) is 0. The first-order valence-electron chi connectivity index (χ1n) is 12.5. The van der Waals surface area contributed by atoms with Crippen LogP contribution in [0.25, 0.3) is 0 Å². The Hall–Kier alpha value is -3.48. The summed E-state index contributed by atoms with van der Waals surface area (Å²) in [4.78, 5) is 55.0. The van der Waals surface area contributed by atoms with Crippen molar-refractivity contribution in [2.75, 3.05) is 11.5 Å². The number of carbonyl (C=O) groups excluding carboxylic acids is 4. The fourth-order valence-electron chi connectivity index (χ4n) is 5.10. The van der Waals surface area contributed by atoms with Crippen molar-refractivity contribution >= 4 is 29.4 Å². The number of carbonyl (C=O) groups is 4. The Balaban J connectivity index is 1.58. The van der Waals surface area contributed by atoms with E-state index < -0.39 is 12.0 Å². The van der Waals surface area contributed by atoms with E-state index in [-0.39, 0.29) is 43.2 Å². The molecule has 1 atom stereocenters. The number of esters is 1. The number of anilines is 1. The Morgan fingerprint density at radius 1 is 0.943 bits per heavy atom. The van der Waals surface area contributed by atoms with Gasteiger partial charge in [-0.05, 0) is 49.6 Å². The molecule has 1 saturated carbocycles. The average molecular weight is 477 g/mol. The van der Waals surface area contributed by atoms with Crippen LogP contribution >= 0.6 is 0 Å². The molecular weight excluding hydrogens is 444 g/mol. The first kappa shape index (κ1) is 24.6. The minimum absolute atomic E-state index is 0.0323. The largest absolute Gasteiger partial charge is 0.462 e. The van der Waals surface area contributed by atoms with Gasteiger partial charge in [0, 0.05) is 6.04 Å². The fraction of sp³-hybridized carbons (Fsp3) is 0.429. The van der Waals surface area contributed by atoms with Gasteiger partial charge in [-0.2, -0.15) is 0 Å². The van der Waals surface area contributed by atoms with Gasteiger partial charge in [-0.1, -0.05) is 56.0 Å². The lowest BCUT2D eigenvalue weighted by molar-refractivity contribution is -0.140. The second kappa shape index (κ2) is 11.3. The summed E-state index contributed by atoms with van der Waals surface area (Å²) in [6, 6.07) is 14.9. The van der Waals surface area contributed by atoms with Crippen LogP contribution in [0.15, 0.2) is 54.6 Å². The lowest BCUT2D eigenvalue weighted by Crippen LogP contribution is -2.51. The summed E-state index contributed by atoms with van der Waals surface area (Å²) in [7, 11) is 0. The summed E-state index contributed by atoms with van der Waals surface area (Å²) in [6.07, 6.45) is 6.10. The molecular formula is C28H32N2O5. The molecule has 35 heavy (non-hydrogen) atoms. The Labute approximate surface area is 206 Å². The van der Waals surface area contributed by atoms with Gasteiger partial charge in [-0.3, -0.25) is 14.4 Å². The molecule has 1 saturated heterocycles. The molecule has 2 aromatic rings. The molecule has 2 aromatic carbocycles. The number of imide groups is 1. The highest BCUT2D eigenvalue weighted by molar-refractivity contribution is 6.23. The van der Waals surface area contributed by atoms with E-state index in [0.29, 0.717) is 11.3 Å². The zero-order valence-corrected chi connectivity index (χ0v) is 20.2. The standard InChI is InChI=1S/C28H32N2O5/c1-2-35-28(34)21-14-16-23(17-15-21)30-26(32)19-24(27(30)33)29(22-12-8-3-4-9-13-22)25(31)18-20-10-6-5-7-11-20/h5-7,10-11,14-17,22,24H,2-4,8-9,12-13,18-19H2,1H3. The van der Waals surface area contributed by atoms with Crippen molar-refractivity contribution in [2.24, 2.45) is 0 Å². The van der Waals surface area contributed by atoms with Gasteiger partial charge in [0.15, 0.2) is 0 Å². The molecule has 1 aliphatic heterocycles. The third kappa shape index (κ3) is 5.61. The van der Waals surface area contributed by atoms with Crippen molar-refractivity contribution in [3.05, 3.63) is 65.7 Å². The number of nitrogens with zero attached hydrogens (tertiary/aromatic N) is 2. The van der Waals surface area contributed by atoms with Crippen molar-refractivity contribution in [2.45, 2.75) is 70.4 Å². The van der Waals surface area contributed by atoms with Gasteiger partial charge in [0.2, 0.25) is 11.8 Å². The van der Waals surface area contributed by atoms with Crippen molar-refractivity contribution < 1.29 is 23.9 Å². The number of rotatable bonds is 7. The third-order valence-electron chi connectivity index (χ3n) is 6.80. The number of benzene rings is 2. The SMILES string of the molecule is CCOC(=O)c1ccc(N2C(=O)CC(N(C(=O)Cc3ccccc3)C3CCCCCC3)C2=O)cc1. The first-order chi connectivity index (χ1) is 17.0. The summed E-state index contributed by atoms with van der Waals surface area (Å²) in [5, 5.41) is 0. The Morgan fingerprint density at radius 3 is 2.23 bits per heavy atom. The van der Waals surface area contributed by atoms with Crippen LogP contribution in [-0.2, 0) is 25.5 Å². The maximum absolute atomic E-state index is 13.6. The molecule has 0 bridgehead atoms. The second-order valence-electron chi connectivity index (χ2n) is 9.16. The molecule has 3 amide bonds. The highest BCUT2D eigenvalue weighted by Crippen LogP contribution is 2.31. The smallest absolute Gasteiger partial charge is 0.338 e. The maximum Gasteiger partial charge on any atom is 0.338 e. The highest BCUT2D eigenvalue weighted by Gasteiger charge is 2.46. The van der Waals surface area contributed by atoms with E-state index in [1.807, 2.05) is 30.3 Å². The molecule has 0 spiro atoms. The quantitative estimate of drug-likeness (QED) is 0.338. The van der Waals surface area contributed by atoms with Crippen LogP contribution < -0.4 is 4.90 Å². The molecule has 4 rings (SSSR count). The molecule has 7 nitrogen and oxygen atoms in total. The maximum atomic E-state index is 13.6. The predicted octanol–water partition coefficient (Wildman–Crippen LogP) is 4.29. The molecule has 1 heterocycles. The molecule has 2 fully saturated rings. The van der Waals surface area contributed by atoms with E-state index in [9.17, 15) is 19.2 Å². The summed E-state index contributed by atoms with van der Waals surface area (Å²) in [6.45, 7) is 1.99. The summed E-state index contributed by atoms with van der Waals surface area (Å²) < 4.78 is 5.01. The fourth-order valence-corrected chi connectivity index (χ4v) is 5.10. The Kier molecular flexibility index (Phi) is 7.95. The molecule has 0 N–H and O–H groups in total. The minimum Gasteiger partial charge on any atom is -0.462 e. The highest BCUT2D eigenvalue weighted by atomic mass is 16.5. The van der Waals surface area contributed by atoms with Crippen LogP contribution in [-0.4, -0.2) is 47.3 Å². The van der Waals surface area contributed by atoms with Crippen molar-refractivity contribution in [3.63, 3.8) is 0 Å². The molecule has 1 aliphatic carbocycles. The van der Waals surface area contributed by atoms with Gasteiger partial charge in [0.1, 0.15) is 6.04 Å². The van der Waals surface area contributed by atoms with Crippen molar-refractivity contribution in [3.8, 4) is 0 Å². The summed E-state index contributed by atoms with van der Waals surface area (Å²) in [5.41, 5.74) is 1.63. The summed E-state index contributed by atoms with van der Waals surface area (Å²) >= 11 is 0. The second-order valence-corrected chi connectivity index (χ2v) is 9.16. The van der Waals surface area contributed by atoms with Crippen LogP contribution in [0.3, 0.4) is 0 Å². The van der Waals surface area contributed by atoms with Gasteiger partial charge < -0.3 is 9.64 Å². The Morgan fingerprint density at radius 2 is 1.60 bits per heavy atom. The monoisotopic (exact) mass is 476 g/mol. The molecule has 0 aromatic heterocycles. The van der Waals surface area contributed by atoms with Gasteiger partial charge in [-0.25, -0.2) is 9.69 Å². The predicted molar refractivity (Wildman–Crippen MR) is 132 cm³/mol. The van der Waals surface area contributed by atoms with Crippen LogP contribution in [0.1, 0.15) is 67.8 Å². The molecule has 1 unspecified atom stereocenters. The molecule has 7 heteroatoms. The van der Waals surface area contributed by atoms with E-state index >= 15 is 0 Å². The van der Waals surface area contributed by atoms with E-state index in [0.717, 1.165) is 49.0 Å². The lowest BCUT2D eigenvalue weighted by Gasteiger charge is -2.35. The van der Waals surface area contributed by atoms with E-state index in [1.165, 1.54) is 0 Å². The minimum atomic E-state index is -0.813. The Bertz CT molecular complexity index is 1060. The summed E-state index contributed by atoms with van der Waals surface area (Å²) in [5.74, 6) is -1.30. The molecule has 0 radical (unpaired) electrons. The van der Waals surface area contributed by atoms with Gasteiger partial charge >= 0.3 is 5.97 Å². The third-order valence-corrected chi connectivity index (χ3v) is 6.80. The van der Waals surface area contributed by atoms with Gasteiger partial charge in [-0.15, -0.1) is 0 Å². The molecule has 184 valence electrons. The van der Waals surface area contributed by atoms with Gasteiger partial charge in [0.25, 0.3) is 5.91 Å². The van der Waals surface area contributed by atoms with Crippen LogP contribution in [0.2, 0.25) is 0 Å². The van der Waals surface area contributed by atoms with Crippen LogP contribution in [0.5, 0.6) is 0 Å². The van der Waals surface area contributed by atoms with Crippen molar-refractivity contribution in [1.82, 2.24) is 4.90 Å². The topological polar surface area (TPSA) is 84.0 Å². The van der Waals surface area contributed by atoms with Crippen LogP contribution in [0, 0.1) is 0 Å². The van der Waals surface area contributed by atoms with E-state index in [4.69, 9.17) is 4.74 Å².